The molecule has 5 heteroatoms. The molecule has 0 atom stereocenters. The number of methoxy groups -OCH3 is 1. The van der Waals surface area contributed by atoms with E-state index in [9.17, 15) is 0 Å². The minimum atomic E-state index is 0.341. The standard InChI is InChI=1S/C11H10Cl2N2O/c1-6-3-10(16-2)7(4-8(6)12)9-5-14-11(13)15-9/h3-5H,1-2H3,(H,14,15). The fraction of sp³-hybridized carbons (Fsp3) is 0.182. The number of imidazole rings is 1. The van der Waals surface area contributed by atoms with E-state index in [2.05, 4.69) is 9.97 Å². The van der Waals surface area contributed by atoms with Gasteiger partial charge in [0, 0.05) is 10.6 Å². The van der Waals surface area contributed by atoms with Gasteiger partial charge in [-0.15, -0.1) is 0 Å². The van der Waals surface area contributed by atoms with Gasteiger partial charge in [-0.1, -0.05) is 11.6 Å². The highest BCUT2D eigenvalue weighted by Crippen LogP contribution is 2.33. The third kappa shape index (κ3) is 2.01. The Kier molecular flexibility index (Phi) is 3.08. The molecule has 0 aliphatic carbocycles. The number of ether oxygens (including phenoxy) is 1. The predicted molar refractivity (Wildman–Crippen MR) is 65.3 cm³/mol. The Hall–Kier alpha value is -1.19. The lowest BCUT2D eigenvalue weighted by Gasteiger charge is -2.09. The smallest absolute Gasteiger partial charge is 0.200 e. The quantitative estimate of drug-likeness (QED) is 0.890. The van der Waals surface area contributed by atoms with E-state index in [0.29, 0.717) is 10.3 Å². The summed E-state index contributed by atoms with van der Waals surface area (Å²) in [5.74, 6) is 0.738. The third-order valence-corrected chi connectivity index (χ3v) is 2.92. The second-order valence-electron chi connectivity index (χ2n) is 3.39. The van der Waals surface area contributed by atoms with E-state index >= 15 is 0 Å². The maximum Gasteiger partial charge on any atom is 0.200 e. The van der Waals surface area contributed by atoms with E-state index in [4.69, 9.17) is 27.9 Å². The van der Waals surface area contributed by atoms with Gasteiger partial charge >= 0.3 is 0 Å². The van der Waals surface area contributed by atoms with Crippen molar-refractivity contribution in [2.24, 2.45) is 0 Å². The van der Waals surface area contributed by atoms with Crippen molar-refractivity contribution < 1.29 is 4.74 Å². The van der Waals surface area contributed by atoms with Gasteiger partial charge in [0.25, 0.3) is 0 Å². The third-order valence-electron chi connectivity index (χ3n) is 2.32. The molecule has 0 saturated heterocycles. The lowest BCUT2D eigenvalue weighted by atomic mass is 10.1. The van der Waals surface area contributed by atoms with Crippen LogP contribution in [0.5, 0.6) is 5.75 Å². The Morgan fingerprint density at radius 1 is 1.31 bits per heavy atom. The molecule has 0 spiro atoms. The Morgan fingerprint density at radius 2 is 2.06 bits per heavy atom. The number of aromatic amines is 1. The number of hydrogen-bond donors (Lipinski definition) is 1. The highest BCUT2D eigenvalue weighted by molar-refractivity contribution is 6.31. The Bertz CT molecular complexity index is 523. The van der Waals surface area contributed by atoms with Crippen LogP contribution in [-0.2, 0) is 0 Å². The molecule has 2 aromatic rings. The second-order valence-corrected chi connectivity index (χ2v) is 4.15. The first-order chi connectivity index (χ1) is 7.61. The average molecular weight is 257 g/mol. The van der Waals surface area contributed by atoms with E-state index in [1.165, 1.54) is 0 Å². The van der Waals surface area contributed by atoms with Gasteiger partial charge in [0.15, 0.2) is 5.28 Å². The van der Waals surface area contributed by atoms with Gasteiger partial charge in [-0.2, -0.15) is 0 Å². The number of halogens is 2. The van der Waals surface area contributed by atoms with Gasteiger partial charge in [0.1, 0.15) is 5.75 Å². The maximum absolute atomic E-state index is 6.08. The first-order valence-electron chi connectivity index (χ1n) is 4.67. The van der Waals surface area contributed by atoms with Crippen LogP contribution in [0.15, 0.2) is 18.3 Å². The summed E-state index contributed by atoms with van der Waals surface area (Å²) in [6, 6.07) is 3.71. The Morgan fingerprint density at radius 3 is 2.62 bits per heavy atom. The number of aromatic nitrogens is 2. The van der Waals surface area contributed by atoms with Crippen LogP contribution >= 0.6 is 23.2 Å². The van der Waals surface area contributed by atoms with Crippen LogP contribution in [0.25, 0.3) is 11.3 Å². The fourth-order valence-electron chi connectivity index (χ4n) is 1.47. The van der Waals surface area contributed by atoms with Crippen LogP contribution in [0.2, 0.25) is 10.3 Å². The first kappa shape index (κ1) is 11.3. The van der Waals surface area contributed by atoms with Crippen LogP contribution in [0.1, 0.15) is 5.56 Å². The lowest BCUT2D eigenvalue weighted by molar-refractivity contribution is 0.416. The van der Waals surface area contributed by atoms with Gasteiger partial charge in [-0.3, -0.25) is 0 Å². The van der Waals surface area contributed by atoms with E-state index in [-0.39, 0.29) is 0 Å². The normalized spacial score (nSPS) is 10.5. The molecule has 1 heterocycles. The van der Waals surface area contributed by atoms with E-state index in [1.807, 2.05) is 19.1 Å². The van der Waals surface area contributed by atoms with E-state index < -0.39 is 0 Å². The molecule has 16 heavy (non-hydrogen) atoms. The molecule has 0 saturated carbocycles. The zero-order valence-electron chi connectivity index (χ0n) is 8.84. The molecule has 1 aromatic heterocycles. The number of H-pyrrole nitrogens is 1. The summed E-state index contributed by atoms with van der Waals surface area (Å²) >= 11 is 11.8. The number of nitrogens with one attached hydrogen (secondary N) is 1. The summed E-state index contributed by atoms with van der Waals surface area (Å²) in [4.78, 5) is 6.86. The maximum atomic E-state index is 6.08. The van der Waals surface area contributed by atoms with Crippen molar-refractivity contribution in [3.8, 4) is 17.0 Å². The van der Waals surface area contributed by atoms with Gasteiger partial charge in [0.2, 0.25) is 0 Å². The average Bonchev–Trinajstić information content (AvgIpc) is 2.68. The summed E-state index contributed by atoms with van der Waals surface area (Å²) < 4.78 is 5.30. The zero-order valence-corrected chi connectivity index (χ0v) is 10.4. The van der Waals surface area contributed by atoms with Crippen molar-refractivity contribution in [3.05, 3.63) is 34.2 Å². The number of hydrogen-bond acceptors (Lipinski definition) is 2. The van der Waals surface area contributed by atoms with Crippen LogP contribution in [0.3, 0.4) is 0 Å². The summed E-state index contributed by atoms with van der Waals surface area (Å²) in [6.07, 6.45) is 1.64. The van der Waals surface area contributed by atoms with Gasteiger partial charge < -0.3 is 9.72 Å². The SMILES string of the molecule is COc1cc(C)c(Cl)cc1-c1cnc(Cl)[nH]1. The molecule has 0 aliphatic heterocycles. The largest absolute Gasteiger partial charge is 0.496 e. The topological polar surface area (TPSA) is 37.9 Å². The lowest BCUT2D eigenvalue weighted by Crippen LogP contribution is -1.90. The molecule has 3 nitrogen and oxygen atoms in total. The van der Waals surface area contributed by atoms with Crippen molar-refractivity contribution >= 4 is 23.2 Å². The number of benzene rings is 1. The molecule has 1 N–H and O–H groups in total. The monoisotopic (exact) mass is 256 g/mol. The molecule has 0 fully saturated rings. The summed E-state index contributed by atoms with van der Waals surface area (Å²) in [5.41, 5.74) is 2.59. The van der Waals surface area contributed by atoms with Gasteiger partial charge in [-0.25, -0.2) is 4.98 Å². The molecule has 0 radical (unpaired) electrons. The first-order valence-corrected chi connectivity index (χ1v) is 5.42. The molecule has 2 rings (SSSR count). The molecule has 0 aliphatic rings. The number of nitrogens with zero attached hydrogens (tertiary/aromatic N) is 1. The highest BCUT2D eigenvalue weighted by Gasteiger charge is 2.11. The second kappa shape index (κ2) is 4.36. The highest BCUT2D eigenvalue weighted by atomic mass is 35.5. The van der Waals surface area contributed by atoms with Crippen LogP contribution in [0.4, 0.5) is 0 Å². The van der Waals surface area contributed by atoms with Crippen molar-refractivity contribution in [1.82, 2.24) is 9.97 Å². The molecule has 84 valence electrons. The minimum Gasteiger partial charge on any atom is -0.496 e. The predicted octanol–water partition coefficient (Wildman–Crippen LogP) is 3.70. The van der Waals surface area contributed by atoms with Gasteiger partial charge in [0.05, 0.1) is 19.0 Å². The van der Waals surface area contributed by atoms with E-state index in [1.54, 1.807) is 13.3 Å². The van der Waals surface area contributed by atoms with Crippen molar-refractivity contribution in [3.63, 3.8) is 0 Å². The molecule has 0 unspecified atom stereocenters. The molecular formula is C11H10Cl2N2O. The minimum absolute atomic E-state index is 0.341. The molecule has 1 aromatic carbocycles. The number of aryl methyl sites for hydroxylation is 1. The number of rotatable bonds is 2. The van der Waals surface area contributed by atoms with Crippen LogP contribution in [0, 0.1) is 6.92 Å². The fourth-order valence-corrected chi connectivity index (χ4v) is 1.78. The Balaban J connectivity index is 2.59. The molecule has 0 amide bonds. The van der Waals surface area contributed by atoms with Crippen LogP contribution < -0.4 is 4.74 Å². The van der Waals surface area contributed by atoms with Crippen LogP contribution in [-0.4, -0.2) is 17.1 Å². The van der Waals surface area contributed by atoms with Crippen molar-refractivity contribution in [2.75, 3.05) is 7.11 Å². The summed E-state index contributed by atoms with van der Waals surface area (Å²) in [7, 11) is 1.62. The zero-order chi connectivity index (χ0) is 11.7. The van der Waals surface area contributed by atoms with Crippen molar-refractivity contribution in [1.29, 1.82) is 0 Å². The molecular weight excluding hydrogens is 247 g/mol. The Labute approximate surface area is 103 Å². The van der Waals surface area contributed by atoms with Crippen molar-refractivity contribution in [2.45, 2.75) is 6.92 Å². The van der Waals surface area contributed by atoms with Gasteiger partial charge in [-0.05, 0) is 36.2 Å². The van der Waals surface area contributed by atoms with E-state index in [0.717, 1.165) is 22.6 Å². The summed E-state index contributed by atoms with van der Waals surface area (Å²) in [6.45, 7) is 1.93. The summed E-state index contributed by atoms with van der Waals surface area (Å²) in [5, 5.41) is 1.02. The molecule has 0 bridgehead atoms.